The molecule has 1 heterocycles. The summed E-state index contributed by atoms with van der Waals surface area (Å²) in [7, 11) is 1.61. The standard InChI is InChI=1S/C8H11BrN4O/c1-10-7(14)2-3-12-8-6(9)4-11-5-13-8/h4-5H,2-3H2,1H3,(H,10,14)(H,11,12,13). The number of carbonyl (C=O) groups excluding carboxylic acids is 1. The average molecular weight is 259 g/mol. The van der Waals surface area contributed by atoms with Gasteiger partial charge in [-0.15, -0.1) is 0 Å². The van der Waals surface area contributed by atoms with Crippen LogP contribution in [-0.2, 0) is 4.79 Å². The highest BCUT2D eigenvalue weighted by Gasteiger charge is 2.01. The van der Waals surface area contributed by atoms with Crippen molar-refractivity contribution in [3.8, 4) is 0 Å². The van der Waals surface area contributed by atoms with Crippen LogP contribution < -0.4 is 10.6 Å². The summed E-state index contributed by atoms with van der Waals surface area (Å²) in [5.41, 5.74) is 0. The fourth-order valence-electron chi connectivity index (χ4n) is 0.862. The molecule has 76 valence electrons. The predicted octanol–water partition coefficient (Wildman–Crippen LogP) is 0.787. The van der Waals surface area contributed by atoms with Crippen LogP contribution in [-0.4, -0.2) is 29.5 Å². The Labute approximate surface area is 90.5 Å². The highest BCUT2D eigenvalue weighted by molar-refractivity contribution is 9.10. The summed E-state index contributed by atoms with van der Waals surface area (Å²) in [6.45, 7) is 0.551. The summed E-state index contributed by atoms with van der Waals surface area (Å²) in [6, 6.07) is 0. The maximum Gasteiger partial charge on any atom is 0.221 e. The molecule has 14 heavy (non-hydrogen) atoms. The molecule has 0 aliphatic carbocycles. The molecule has 1 aromatic rings. The first-order chi connectivity index (χ1) is 6.74. The third kappa shape index (κ3) is 3.29. The minimum Gasteiger partial charge on any atom is -0.369 e. The highest BCUT2D eigenvalue weighted by Crippen LogP contribution is 2.16. The molecule has 6 heteroatoms. The van der Waals surface area contributed by atoms with Crippen molar-refractivity contribution in [2.45, 2.75) is 6.42 Å². The smallest absolute Gasteiger partial charge is 0.221 e. The van der Waals surface area contributed by atoms with Crippen molar-refractivity contribution in [2.24, 2.45) is 0 Å². The molecule has 0 saturated heterocycles. The number of carbonyl (C=O) groups is 1. The number of nitrogens with one attached hydrogen (secondary N) is 2. The third-order valence-electron chi connectivity index (χ3n) is 1.59. The van der Waals surface area contributed by atoms with Crippen LogP contribution in [0.15, 0.2) is 17.0 Å². The lowest BCUT2D eigenvalue weighted by Crippen LogP contribution is -2.21. The van der Waals surface area contributed by atoms with Crippen LogP contribution in [0.5, 0.6) is 0 Å². The van der Waals surface area contributed by atoms with Crippen molar-refractivity contribution in [1.29, 1.82) is 0 Å². The van der Waals surface area contributed by atoms with E-state index in [9.17, 15) is 4.79 Å². The molecule has 0 unspecified atom stereocenters. The van der Waals surface area contributed by atoms with E-state index in [4.69, 9.17) is 0 Å². The number of nitrogens with zero attached hydrogens (tertiary/aromatic N) is 2. The summed E-state index contributed by atoms with van der Waals surface area (Å²) in [4.78, 5) is 18.7. The molecule has 0 fully saturated rings. The van der Waals surface area contributed by atoms with Crippen molar-refractivity contribution < 1.29 is 4.79 Å². The summed E-state index contributed by atoms with van der Waals surface area (Å²) in [5.74, 6) is 0.701. The van der Waals surface area contributed by atoms with Gasteiger partial charge in [0.15, 0.2) is 0 Å². The summed E-state index contributed by atoms with van der Waals surface area (Å²) < 4.78 is 0.789. The van der Waals surface area contributed by atoms with Crippen molar-refractivity contribution in [1.82, 2.24) is 15.3 Å². The lowest BCUT2D eigenvalue weighted by atomic mass is 10.4. The first-order valence-corrected chi connectivity index (χ1v) is 4.93. The van der Waals surface area contributed by atoms with E-state index >= 15 is 0 Å². The van der Waals surface area contributed by atoms with Crippen LogP contribution in [0.2, 0.25) is 0 Å². The lowest BCUT2D eigenvalue weighted by molar-refractivity contribution is -0.120. The fraction of sp³-hybridized carbons (Fsp3) is 0.375. The van der Waals surface area contributed by atoms with Crippen LogP contribution in [0, 0.1) is 0 Å². The molecular weight excluding hydrogens is 248 g/mol. The first-order valence-electron chi connectivity index (χ1n) is 4.14. The molecule has 0 atom stereocenters. The third-order valence-corrected chi connectivity index (χ3v) is 2.17. The van der Waals surface area contributed by atoms with Gasteiger partial charge in [-0.1, -0.05) is 0 Å². The minimum atomic E-state index is 0.00248. The normalized spacial score (nSPS) is 9.57. The molecule has 2 N–H and O–H groups in total. The molecule has 1 rings (SSSR count). The zero-order valence-corrected chi connectivity index (χ0v) is 9.34. The van der Waals surface area contributed by atoms with Gasteiger partial charge in [0.2, 0.25) is 5.91 Å². The van der Waals surface area contributed by atoms with Gasteiger partial charge in [0, 0.05) is 26.2 Å². The van der Waals surface area contributed by atoms with Gasteiger partial charge in [0.05, 0.1) is 4.47 Å². The van der Waals surface area contributed by atoms with Gasteiger partial charge in [-0.3, -0.25) is 4.79 Å². The van der Waals surface area contributed by atoms with Crippen LogP contribution in [0.3, 0.4) is 0 Å². The second-order valence-electron chi connectivity index (χ2n) is 2.57. The van der Waals surface area contributed by atoms with Gasteiger partial charge < -0.3 is 10.6 Å². The van der Waals surface area contributed by atoms with E-state index in [1.807, 2.05) is 0 Å². The Hall–Kier alpha value is -1.17. The SMILES string of the molecule is CNC(=O)CCNc1ncncc1Br. The van der Waals surface area contributed by atoms with E-state index in [0.717, 1.165) is 4.47 Å². The molecule has 1 aromatic heterocycles. The molecule has 5 nitrogen and oxygen atoms in total. The highest BCUT2D eigenvalue weighted by atomic mass is 79.9. The van der Waals surface area contributed by atoms with Gasteiger partial charge in [0.25, 0.3) is 0 Å². The minimum absolute atomic E-state index is 0.00248. The topological polar surface area (TPSA) is 66.9 Å². The number of hydrogen-bond donors (Lipinski definition) is 2. The van der Waals surface area contributed by atoms with Crippen LogP contribution in [0.4, 0.5) is 5.82 Å². The van der Waals surface area contributed by atoms with Gasteiger partial charge in [0.1, 0.15) is 12.1 Å². The molecule has 0 aliphatic rings. The molecular formula is C8H11BrN4O. The van der Waals surface area contributed by atoms with Gasteiger partial charge in [-0.2, -0.15) is 0 Å². The van der Waals surface area contributed by atoms with Crippen molar-refractivity contribution in [3.63, 3.8) is 0 Å². The summed E-state index contributed by atoms with van der Waals surface area (Å²) in [5, 5.41) is 5.56. The van der Waals surface area contributed by atoms with E-state index in [2.05, 4.69) is 36.5 Å². The van der Waals surface area contributed by atoms with E-state index in [-0.39, 0.29) is 5.91 Å². The maximum absolute atomic E-state index is 10.9. The quantitative estimate of drug-likeness (QED) is 0.838. The number of amides is 1. The van der Waals surface area contributed by atoms with Crippen molar-refractivity contribution in [3.05, 3.63) is 17.0 Å². The first kappa shape index (κ1) is 10.9. The van der Waals surface area contributed by atoms with E-state index in [1.54, 1.807) is 13.2 Å². The lowest BCUT2D eigenvalue weighted by Gasteiger charge is -2.05. The van der Waals surface area contributed by atoms with Crippen molar-refractivity contribution >= 4 is 27.7 Å². The fourth-order valence-corrected chi connectivity index (χ4v) is 1.22. The van der Waals surface area contributed by atoms with E-state index in [1.165, 1.54) is 6.33 Å². The Kier molecular flexibility index (Phi) is 4.31. The Bertz CT molecular complexity index is 318. The Morgan fingerprint density at radius 3 is 3.07 bits per heavy atom. The predicted molar refractivity (Wildman–Crippen MR) is 56.9 cm³/mol. The van der Waals surface area contributed by atoms with Crippen LogP contribution in [0.1, 0.15) is 6.42 Å². The number of rotatable bonds is 4. The summed E-state index contributed by atoms with van der Waals surface area (Å²) in [6.07, 6.45) is 3.52. The van der Waals surface area contributed by atoms with E-state index < -0.39 is 0 Å². The largest absolute Gasteiger partial charge is 0.369 e. The van der Waals surface area contributed by atoms with Gasteiger partial charge in [-0.25, -0.2) is 9.97 Å². The van der Waals surface area contributed by atoms with Gasteiger partial charge >= 0.3 is 0 Å². The Balaban J connectivity index is 2.39. The number of aromatic nitrogens is 2. The second kappa shape index (κ2) is 5.54. The van der Waals surface area contributed by atoms with E-state index in [0.29, 0.717) is 18.8 Å². The average Bonchev–Trinajstić information content (AvgIpc) is 2.20. The molecule has 0 aliphatic heterocycles. The maximum atomic E-state index is 10.9. The Morgan fingerprint density at radius 1 is 1.64 bits per heavy atom. The van der Waals surface area contributed by atoms with Crippen LogP contribution >= 0.6 is 15.9 Å². The molecule has 0 radical (unpaired) electrons. The Morgan fingerprint density at radius 2 is 2.43 bits per heavy atom. The molecule has 1 amide bonds. The summed E-state index contributed by atoms with van der Waals surface area (Å²) >= 11 is 3.29. The molecule has 0 saturated carbocycles. The monoisotopic (exact) mass is 258 g/mol. The molecule has 0 bridgehead atoms. The molecule has 0 spiro atoms. The zero-order chi connectivity index (χ0) is 10.4. The zero-order valence-electron chi connectivity index (χ0n) is 7.75. The van der Waals surface area contributed by atoms with Crippen molar-refractivity contribution in [2.75, 3.05) is 18.9 Å². The number of anilines is 1. The molecule has 0 aromatic carbocycles. The van der Waals surface area contributed by atoms with Crippen LogP contribution in [0.25, 0.3) is 0 Å². The number of hydrogen-bond acceptors (Lipinski definition) is 4. The number of halogens is 1. The second-order valence-corrected chi connectivity index (χ2v) is 3.42. The van der Waals surface area contributed by atoms with Gasteiger partial charge in [-0.05, 0) is 15.9 Å².